The third kappa shape index (κ3) is 4.79. The van der Waals surface area contributed by atoms with Crippen LogP contribution in [0.5, 0.6) is 0 Å². The van der Waals surface area contributed by atoms with E-state index in [1.54, 1.807) is 0 Å². The summed E-state index contributed by atoms with van der Waals surface area (Å²) in [7, 11) is 0. The summed E-state index contributed by atoms with van der Waals surface area (Å²) in [4.78, 5) is 0. The molecule has 0 aromatic heterocycles. The van der Waals surface area contributed by atoms with Crippen molar-refractivity contribution in [2.75, 3.05) is 0 Å². The van der Waals surface area contributed by atoms with Crippen LogP contribution in [0, 0.1) is 5.92 Å². The van der Waals surface area contributed by atoms with Crippen LogP contribution in [0.15, 0.2) is 0 Å². The standard InChI is InChI=1S/C4H8.Pb/c1-4(2)3;/h1,4H,2-3H3;. The van der Waals surface area contributed by atoms with Gasteiger partial charge in [-0.25, -0.2) is 0 Å². The van der Waals surface area contributed by atoms with Crippen LogP contribution in [-0.4, -0.2) is 28.8 Å². The fraction of sp³-hybridized carbons (Fsp3) is 0.750. The van der Waals surface area contributed by atoms with Crippen molar-refractivity contribution < 1.29 is 0 Å². The first kappa shape index (κ1) is 5.79. The van der Waals surface area contributed by atoms with Gasteiger partial charge in [-0.3, -0.25) is 0 Å². The second-order valence-corrected chi connectivity index (χ2v) is 2.71. The van der Waals surface area contributed by atoms with E-state index in [0.29, 0.717) is 0 Å². The Labute approximate surface area is 48.7 Å². The Morgan fingerprint density at radius 2 is 1.80 bits per heavy atom. The minimum absolute atomic E-state index is 0.821. The Morgan fingerprint density at radius 1 is 1.60 bits per heavy atom. The third-order valence-electron chi connectivity index (χ3n) is 0.333. The van der Waals surface area contributed by atoms with Crippen molar-refractivity contribution in [1.29, 1.82) is 0 Å². The molecule has 0 bridgehead atoms. The number of hydrogen-bond acceptors (Lipinski definition) is 0. The van der Waals surface area contributed by atoms with Crippen LogP contribution in [0.4, 0.5) is 0 Å². The van der Waals surface area contributed by atoms with Crippen LogP contribution in [0.2, 0.25) is 0 Å². The molecule has 0 spiro atoms. The summed E-state index contributed by atoms with van der Waals surface area (Å²) in [5.41, 5.74) is 0. The molecule has 0 fully saturated rings. The van der Waals surface area contributed by atoms with Crippen molar-refractivity contribution in [3.05, 3.63) is 0 Å². The predicted octanol–water partition coefficient (Wildman–Crippen LogP) is 0.613. The topological polar surface area (TPSA) is 0 Å². The van der Waals surface area contributed by atoms with Crippen LogP contribution < -0.4 is 0 Å². The SMILES string of the molecule is CC(C)[CH]=[Pb]. The molecule has 0 nitrogen and oxygen atoms in total. The van der Waals surface area contributed by atoms with Gasteiger partial charge in [0.1, 0.15) is 0 Å². The predicted molar refractivity (Wildman–Crippen MR) is 26.7 cm³/mol. The molecule has 0 saturated heterocycles. The van der Waals surface area contributed by atoms with Gasteiger partial charge in [0, 0.05) is 0 Å². The molecule has 0 aliphatic rings. The molecule has 0 aromatic carbocycles. The Kier molecular flexibility index (Phi) is 3.48. The Hall–Kier alpha value is 0.792. The summed E-state index contributed by atoms with van der Waals surface area (Å²) >= 11 is 1.25. The average Bonchev–Trinajstić information content (AvgIpc) is 1.38. The molecule has 0 aliphatic carbocycles. The monoisotopic (exact) mass is 264 g/mol. The van der Waals surface area contributed by atoms with Gasteiger partial charge in [-0.05, 0) is 0 Å². The van der Waals surface area contributed by atoms with Crippen LogP contribution in [0.25, 0.3) is 0 Å². The summed E-state index contributed by atoms with van der Waals surface area (Å²) in [6.07, 6.45) is 0. The molecule has 5 heavy (non-hydrogen) atoms. The first-order valence-electron chi connectivity index (χ1n) is 1.78. The molecule has 0 N–H and O–H groups in total. The summed E-state index contributed by atoms with van der Waals surface area (Å²) < 4.78 is 2.31. The van der Waals surface area contributed by atoms with Gasteiger partial charge < -0.3 is 0 Å². The molecule has 0 rings (SSSR count). The second kappa shape index (κ2) is 3.00. The zero-order valence-corrected chi connectivity index (χ0v) is 7.54. The van der Waals surface area contributed by atoms with Crippen LogP contribution in [0.1, 0.15) is 13.8 Å². The van der Waals surface area contributed by atoms with E-state index in [1.165, 1.54) is 25.3 Å². The van der Waals surface area contributed by atoms with Crippen molar-refractivity contribution in [3.63, 3.8) is 0 Å². The van der Waals surface area contributed by atoms with E-state index in [-0.39, 0.29) is 0 Å². The van der Waals surface area contributed by atoms with E-state index in [0.717, 1.165) is 5.92 Å². The first-order valence-corrected chi connectivity index (χ1v) is 4.02. The minimum atomic E-state index is 0.821. The van der Waals surface area contributed by atoms with Crippen LogP contribution in [0.3, 0.4) is 0 Å². The molecule has 0 heterocycles. The van der Waals surface area contributed by atoms with Crippen LogP contribution in [-0.2, 0) is 0 Å². The summed E-state index contributed by atoms with van der Waals surface area (Å²) in [6.45, 7) is 4.40. The maximum absolute atomic E-state index is 2.31. The van der Waals surface area contributed by atoms with E-state index < -0.39 is 0 Å². The van der Waals surface area contributed by atoms with E-state index >= 15 is 0 Å². The summed E-state index contributed by atoms with van der Waals surface area (Å²) in [6, 6.07) is 0. The van der Waals surface area contributed by atoms with Gasteiger partial charge in [0.15, 0.2) is 0 Å². The van der Waals surface area contributed by atoms with Crippen molar-refractivity contribution in [2.45, 2.75) is 13.8 Å². The van der Waals surface area contributed by atoms with Crippen LogP contribution >= 0.6 is 0 Å². The van der Waals surface area contributed by atoms with E-state index in [2.05, 4.69) is 17.4 Å². The van der Waals surface area contributed by atoms with Gasteiger partial charge in [0.25, 0.3) is 0 Å². The van der Waals surface area contributed by atoms with E-state index in [9.17, 15) is 0 Å². The summed E-state index contributed by atoms with van der Waals surface area (Å²) in [5.74, 6) is 0.821. The molecule has 2 radical (unpaired) electrons. The maximum atomic E-state index is 2.31. The molecule has 0 atom stereocenters. The van der Waals surface area contributed by atoms with Crippen molar-refractivity contribution in [2.24, 2.45) is 5.92 Å². The fourth-order valence-corrected chi connectivity index (χ4v) is 0. The van der Waals surface area contributed by atoms with Gasteiger partial charge in [-0.1, -0.05) is 0 Å². The molecule has 0 aromatic rings. The zero-order valence-electron chi connectivity index (χ0n) is 3.65. The molecule has 0 amide bonds. The molecule has 0 aliphatic heterocycles. The van der Waals surface area contributed by atoms with Crippen molar-refractivity contribution >= 4 is 28.8 Å². The number of rotatable bonds is 1. The molecule has 0 saturated carbocycles. The average molecular weight is 263 g/mol. The molecular weight excluding hydrogens is 255 g/mol. The van der Waals surface area contributed by atoms with E-state index in [1.807, 2.05) is 0 Å². The molecular formula is C4H8Pb. The molecule has 28 valence electrons. The molecule has 0 unspecified atom stereocenters. The van der Waals surface area contributed by atoms with E-state index in [4.69, 9.17) is 0 Å². The Balaban J connectivity index is 2.83. The normalized spacial score (nSPS) is 8.60. The van der Waals surface area contributed by atoms with Gasteiger partial charge >= 0.3 is 48.6 Å². The summed E-state index contributed by atoms with van der Waals surface area (Å²) in [5, 5.41) is 0. The third-order valence-corrected chi connectivity index (χ3v) is 2.92. The zero-order chi connectivity index (χ0) is 4.28. The van der Waals surface area contributed by atoms with Crippen molar-refractivity contribution in [3.8, 4) is 0 Å². The quantitative estimate of drug-likeness (QED) is 0.608. The first-order chi connectivity index (χ1) is 2.27. The second-order valence-electron chi connectivity index (χ2n) is 1.41. The van der Waals surface area contributed by atoms with Gasteiger partial charge in [-0.15, -0.1) is 0 Å². The Morgan fingerprint density at radius 3 is 1.80 bits per heavy atom. The molecule has 1 heteroatoms. The fourth-order valence-electron chi connectivity index (χ4n) is 0. The number of hydrogen-bond donors (Lipinski definition) is 0. The van der Waals surface area contributed by atoms with Gasteiger partial charge in [-0.2, -0.15) is 0 Å². The van der Waals surface area contributed by atoms with Crippen molar-refractivity contribution in [1.82, 2.24) is 0 Å². The van der Waals surface area contributed by atoms with Gasteiger partial charge in [0.2, 0.25) is 0 Å². The Bertz CT molecular complexity index is 30.6. The van der Waals surface area contributed by atoms with Gasteiger partial charge in [0.05, 0.1) is 0 Å².